The molecule has 0 aromatic carbocycles. The highest BCUT2D eigenvalue weighted by molar-refractivity contribution is 5.87. The Kier molecular flexibility index (Phi) is 5.02. The average molecular weight is 360 g/mol. The van der Waals surface area contributed by atoms with Gasteiger partial charge in [-0.1, -0.05) is 0 Å². The van der Waals surface area contributed by atoms with Crippen LogP contribution in [0.4, 0.5) is 11.8 Å². The Morgan fingerprint density at radius 3 is 2.62 bits per heavy atom. The minimum atomic E-state index is -0.101. The molecule has 3 aliphatic heterocycles. The third-order valence-corrected chi connectivity index (χ3v) is 5.24. The number of carbonyl (C=O) groups excluding carboxylic acids is 2. The summed E-state index contributed by atoms with van der Waals surface area (Å²) >= 11 is 0. The molecule has 0 aliphatic carbocycles. The van der Waals surface area contributed by atoms with Gasteiger partial charge in [-0.05, 0) is 19.8 Å². The molecule has 0 unspecified atom stereocenters. The van der Waals surface area contributed by atoms with Crippen molar-refractivity contribution in [3.05, 3.63) is 11.8 Å². The zero-order chi connectivity index (χ0) is 19.0. The van der Waals surface area contributed by atoms with Crippen LogP contribution in [-0.2, 0) is 9.59 Å². The molecular formula is C18H28N6O2. The first-order valence-electron chi connectivity index (χ1n) is 9.04. The highest BCUT2D eigenvalue weighted by atomic mass is 16.2. The first-order valence-corrected chi connectivity index (χ1v) is 9.04. The number of carbonyl (C=O) groups is 2. The molecule has 0 N–H and O–H groups in total. The third kappa shape index (κ3) is 3.45. The molecule has 1 aromatic rings. The summed E-state index contributed by atoms with van der Waals surface area (Å²) in [7, 11) is 7.36. The summed E-state index contributed by atoms with van der Waals surface area (Å²) in [5.41, 5.74) is 1.02. The maximum atomic E-state index is 12.9. The second-order valence-electron chi connectivity index (χ2n) is 7.66. The minimum absolute atomic E-state index is 0.0258. The number of hydrogen-bond acceptors (Lipinski definition) is 6. The smallest absolute Gasteiger partial charge is 0.241 e. The molecule has 0 spiro atoms. The number of hydrogen-bond donors (Lipinski definition) is 0. The van der Waals surface area contributed by atoms with Crippen molar-refractivity contribution in [3.8, 4) is 0 Å². The minimum Gasteiger partial charge on any atom is -0.362 e. The number of rotatable bonds is 4. The normalized spacial score (nSPS) is 22.4. The zero-order valence-corrected chi connectivity index (χ0v) is 16.3. The van der Waals surface area contributed by atoms with Gasteiger partial charge in [-0.2, -0.15) is 4.98 Å². The van der Waals surface area contributed by atoms with E-state index >= 15 is 0 Å². The molecule has 3 fully saturated rings. The molecule has 0 radical (unpaired) electrons. The molecule has 1 aromatic heterocycles. The number of aromatic nitrogens is 2. The Morgan fingerprint density at radius 2 is 1.96 bits per heavy atom. The maximum absolute atomic E-state index is 12.9. The number of fused-ring (bicyclic) bond motifs is 4. The quantitative estimate of drug-likeness (QED) is 0.772. The van der Waals surface area contributed by atoms with Crippen LogP contribution < -0.4 is 9.80 Å². The Labute approximate surface area is 154 Å². The fraction of sp³-hybridized carbons (Fsp3) is 0.667. The van der Waals surface area contributed by atoms with E-state index in [1.54, 1.807) is 19.0 Å². The number of likely N-dealkylation sites (N-methyl/N-ethyl adjacent to an activating group) is 1. The Hall–Kier alpha value is -2.38. The standard InChI is InChI=1S/C18H28N6O2/c1-12-8-19-18(20-16(12)22(4)5)23-9-13-6-7-14(10-23)24(17(13)26)11-15(25)21(2)3/h8,13-14H,6-7,9-11H2,1-5H3/t13-,14+/m0/s1. The fourth-order valence-electron chi connectivity index (χ4n) is 3.73. The summed E-state index contributed by atoms with van der Waals surface area (Å²) in [5.74, 6) is 1.48. The molecule has 2 bridgehead atoms. The molecule has 3 aliphatic rings. The predicted molar refractivity (Wildman–Crippen MR) is 100 cm³/mol. The first-order chi connectivity index (χ1) is 12.3. The van der Waals surface area contributed by atoms with E-state index in [0.717, 1.165) is 24.2 Å². The topological polar surface area (TPSA) is 72.9 Å². The third-order valence-electron chi connectivity index (χ3n) is 5.24. The number of anilines is 2. The predicted octanol–water partition coefficient (Wildman–Crippen LogP) is 0.366. The summed E-state index contributed by atoms with van der Waals surface area (Å²) in [6.07, 6.45) is 3.61. The van der Waals surface area contributed by atoms with Crippen LogP contribution >= 0.6 is 0 Å². The first kappa shape index (κ1) is 18.4. The van der Waals surface area contributed by atoms with Crippen LogP contribution in [0.5, 0.6) is 0 Å². The van der Waals surface area contributed by atoms with Crippen LogP contribution in [0.15, 0.2) is 6.20 Å². The van der Waals surface area contributed by atoms with Crippen LogP contribution in [0.25, 0.3) is 0 Å². The molecule has 2 atom stereocenters. The van der Waals surface area contributed by atoms with Gasteiger partial charge in [-0.3, -0.25) is 9.59 Å². The lowest BCUT2D eigenvalue weighted by molar-refractivity contribution is -0.145. The summed E-state index contributed by atoms with van der Waals surface area (Å²) in [6.45, 7) is 3.42. The Bertz CT molecular complexity index is 705. The Morgan fingerprint density at radius 1 is 1.23 bits per heavy atom. The van der Waals surface area contributed by atoms with Gasteiger partial charge in [0.15, 0.2) is 0 Å². The lowest BCUT2D eigenvalue weighted by atomic mass is 9.94. The summed E-state index contributed by atoms with van der Waals surface area (Å²) in [6, 6.07) is 0.0258. The molecule has 142 valence electrons. The zero-order valence-electron chi connectivity index (χ0n) is 16.3. The van der Waals surface area contributed by atoms with Gasteiger partial charge in [-0.15, -0.1) is 0 Å². The van der Waals surface area contributed by atoms with E-state index in [2.05, 4.69) is 9.88 Å². The van der Waals surface area contributed by atoms with E-state index in [1.807, 2.05) is 32.1 Å². The van der Waals surface area contributed by atoms with Crippen molar-refractivity contribution in [2.24, 2.45) is 5.92 Å². The van der Waals surface area contributed by atoms with E-state index in [9.17, 15) is 9.59 Å². The lowest BCUT2D eigenvalue weighted by Crippen LogP contribution is -2.51. The van der Waals surface area contributed by atoms with E-state index < -0.39 is 0 Å². The highest BCUT2D eigenvalue weighted by Gasteiger charge is 2.42. The average Bonchev–Trinajstić information content (AvgIpc) is 2.87. The summed E-state index contributed by atoms with van der Waals surface area (Å²) < 4.78 is 0. The van der Waals surface area contributed by atoms with Crippen LogP contribution in [0.1, 0.15) is 18.4 Å². The van der Waals surface area contributed by atoms with E-state index in [0.29, 0.717) is 19.0 Å². The SMILES string of the molecule is Cc1cnc(N2C[C@@H]3CC[C@H](C2)N(CC(=O)N(C)C)C3=O)nc1N(C)C. The van der Waals surface area contributed by atoms with Gasteiger partial charge in [0.25, 0.3) is 0 Å². The highest BCUT2D eigenvalue weighted by Crippen LogP contribution is 2.31. The molecule has 2 amide bonds. The van der Waals surface area contributed by atoms with Gasteiger partial charge in [-0.25, -0.2) is 4.98 Å². The van der Waals surface area contributed by atoms with Crippen LogP contribution in [0, 0.1) is 12.8 Å². The fourth-order valence-corrected chi connectivity index (χ4v) is 3.73. The van der Waals surface area contributed by atoms with E-state index in [-0.39, 0.29) is 30.3 Å². The Balaban J connectivity index is 1.85. The van der Waals surface area contributed by atoms with E-state index in [1.165, 1.54) is 4.90 Å². The van der Waals surface area contributed by atoms with Crippen molar-refractivity contribution < 1.29 is 9.59 Å². The maximum Gasteiger partial charge on any atom is 0.241 e. The van der Waals surface area contributed by atoms with Gasteiger partial charge in [0.05, 0.1) is 5.92 Å². The number of aryl methyl sites for hydroxylation is 1. The van der Waals surface area contributed by atoms with Crippen LogP contribution in [0.3, 0.4) is 0 Å². The molecule has 4 rings (SSSR count). The van der Waals surface area contributed by atoms with Crippen molar-refractivity contribution in [1.29, 1.82) is 0 Å². The van der Waals surface area contributed by atoms with Crippen molar-refractivity contribution in [3.63, 3.8) is 0 Å². The van der Waals surface area contributed by atoms with Crippen molar-refractivity contribution >= 4 is 23.6 Å². The molecule has 26 heavy (non-hydrogen) atoms. The van der Waals surface area contributed by atoms with Crippen LogP contribution in [0.2, 0.25) is 0 Å². The number of nitrogens with zero attached hydrogens (tertiary/aromatic N) is 6. The van der Waals surface area contributed by atoms with Gasteiger partial charge in [0.1, 0.15) is 12.4 Å². The van der Waals surface area contributed by atoms with E-state index in [4.69, 9.17) is 4.98 Å². The molecule has 4 heterocycles. The van der Waals surface area contributed by atoms with Gasteiger partial charge in [0.2, 0.25) is 17.8 Å². The molecule has 3 saturated heterocycles. The van der Waals surface area contributed by atoms with Gasteiger partial charge in [0, 0.05) is 59.1 Å². The largest absolute Gasteiger partial charge is 0.362 e. The monoisotopic (exact) mass is 360 g/mol. The van der Waals surface area contributed by atoms with Crippen molar-refractivity contribution in [2.75, 3.05) is 57.6 Å². The van der Waals surface area contributed by atoms with Gasteiger partial charge >= 0.3 is 0 Å². The lowest BCUT2D eigenvalue weighted by Gasteiger charge is -2.35. The number of piperidine rings is 1. The second kappa shape index (κ2) is 7.09. The van der Waals surface area contributed by atoms with Crippen molar-refractivity contribution in [2.45, 2.75) is 25.8 Å². The number of amides is 2. The van der Waals surface area contributed by atoms with Gasteiger partial charge < -0.3 is 19.6 Å². The molecule has 8 nitrogen and oxygen atoms in total. The van der Waals surface area contributed by atoms with Crippen LogP contribution in [-0.4, -0.2) is 85.4 Å². The molecule has 8 heteroatoms. The molecular weight excluding hydrogens is 332 g/mol. The second-order valence-corrected chi connectivity index (χ2v) is 7.66. The summed E-state index contributed by atoms with van der Waals surface area (Å²) in [5, 5.41) is 0. The van der Waals surface area contributed by atoms with Crippen molar-refractivity contribution in [1.82, 2.24) is 19.8 Å². The summed E-state index contributed by atoms with van der Waals surface area (Å²) in [4.78, 5) is 41.6. The molecule has 0 saturated carbocycles.